The van der Waals surface area contributed by atoms with Crippen LogP contribution in [0.4, 0.5) is 0 Å². The van der Waals surface area contributed by atoms with Crippen molar-refractivity contribution < 1.29 is 0 Å². The van der Waals surface area contributed by atoms with Gasteiger partial charge < -0.3 is 0 Å². The Morgan fingerprint density at radius 3 is 2.50 bits per heavy atom. The molecule has 34 valence electrons. The fraction of sp³-hybridized carbons (Fsp3) is 0.667. The molecule has 0 fully saturated rings. The Balaban J connectivity index is 3.04. The van der Waals surface area contributed by atoms with Gasteiger partial charge in [0.15, 0.2) is 0 Å². The van der Waals surface area contributed by atoms with Crippen LogP contribution >= 0.6 is 22.9 Å². The van der Waals surface area contributed by atoms with E-state index >= 15 is 0 Å². The summed E-state index contributed by atoms with van der Waals surface area (Å²) in [4.78, 5) is 0. The van der Waals surface area contributed by atoms with Crippen molar-refractivity contribution in [3.05, 3.63) is 0 Å². The van der Waals surface area contributed by atoms with Crippen LogP contribution in [-0.4, -0.2) is 6.04 Å². The molecule has 0 aromatic rings. The van der Waals surface area contributed by atoms with E-state index in [-0.39, 0.29) is 6.04 Å². The van der Waals surface area contributed by atoms with Gasteiger partial charge in [-0.2, -0.15) is 5.26 Å². The number of nitrogens with one attached hydrogen (secondary N) is 1. The molecular formula is C3H5IN2. The first-order chi connectivity index (χ1) is 2.81. The first-order valence-electron chi connectivity index (χ1n) is 1.57. The van der Waals surface area contributed by atoms with Gasteiger partial charge in [-0.15, -0.1) is 0 Å². The van der Waals surface area contributed by atoms with Crippen molar-refractivity contribution in [3.8, 4) is 6.07 Å². The molecule has 0 bridgehead atoms. The Kier molecular flexibility index (Phi) is 3.47. The van der Waals surface area contributed by atoms with Crippen LogP contribution in [0.2, 0.25) is 0 Å². The molecule has 0 saturated heterocycles. The second-order valence-electron chi connectivity index (χ2n) is 0.960. The van der Waals surface area contributed by atoms with E-state index in [2.05, 4.69) is 3.53 Å². The topological polar surface area (TPSA) is 35.8 Å². The molecule has 0 rings (SSSR count). The maximum atomic E-state index is 8.02. The van der Waals surface area contributed by atoms with Gasteiger partial charge in [-0.05, 0) is 6.92 Å². The molecule has 0 aliphatic carbocycles. The minimum absolute atomic E-state index is 0.0226. The van der Waals surface area contributed by atoms with Gasteiger partial charge in [-0.3, -0.25) is 0 Å². The molecule has 0 aromatic carbocycles. The summed E-state index contributed by atoms with van der Waals surface area (Å²) in [6, 6.07) is 1.97. The summed E-state index contributed by atoms with van der Waals surface area (Å²) >= 11 is 1.94. The van der Waals surface area contributed by atoms with Crippen LogP contribution in [0.1, 0.15) is 6.92 Å². The van der Waals surface area contributed by atoms with Crippen molar-refractivity contribution in [1.82, 2.24) is 3.53 Å². The minimum atomic E-state index is -0.0226. The fourth-order valence-corrected chi connectivity index (χ4v) is 0.164. The number of rotatable bonds is 1. The van der Waals surface area contributed by atoms with Crippen LogP contribution in [0, 0.1) is 11.3 Å². The second-order valence-corrected chi connectivity index (χ2v) is 1.58. The maximum absolute atomic E-state index is 8.02. The number of hydrogen-bond donors (Lipinski definition) is 1. The van der Waals surface area contributed by atoms with E-state index < -0.39 is 0 Å². The van der Waals surface area contributed by atoms with Crippen molar-refractivity contribution in [2.24, 2.45) is 0 Å². The zero-order valence-electron chi connectivity index (χ0n) is 3.40. The van der Waals surface area contributed by atoms with Crippen LogP contribution in [-0.2, 0) is 0 Å². The molecule has 0 amide bonds. The van der Waals surface area contributed by atoms with E-state index in [1.807, 2.05) is 28.9 Å². The molecule has 1 atom stereocenters. The third kappa shape index (κ3) is 2.42. The summed E-state index contributed by atoms with van der Waals surface area (Å²) < 4.78 is 2.72. The van der Waals surface area contributed by atoms with Crippen LogP contribution < -0.4 is 3.53 Å². The highest BCUT2D eigenvalue weighted by Crippen LogP contribution is 1.78. The Morgan fingerprint density at radius 1 is 2.00 bits per heavy atom. The average molecular weight is 196 g/mol. The van der Waals surface area contributed by atoms with E-state index in [1.54, 1.807) is 6.92 Å². The van der Waals surface area contributed by atoms with Gasteiger partial charge in [0.1, 0.15) is 6.04 Å². The highest BCUT2D eigenvalue weighted by molar-refractivity contribution is 14.1. The largest absolute Gasteiger partial charge is 0.245 e. The predicted molar refractivity (Wildman–Crippen MR) is 32.2 cm³/mol. The Labute approximate surface area is 51.0 Å². The lowest BCUT2D eigenvalue weighted by Gasteiger charge is -1.89. The molecule has 1 N–H and O–H groups in total. The number of nitrogens with zero attached hydrogens (tertiary/aromatic N) is 1. The first kappa shape index (κ1) is 6.18. The monoisotopic (exact) mass is 196 g/mol. The first-order valence-corrected chi connectivity index (χ1v) is 2.65. The summed E-state index contributed by atoms with van der Waals surface area (Å²) in [6.07, 6.45) is 0. The van der Waals surface area contributed by atoms with E-state index in [9.17, 15) is 0 Å². The molecule has 0 aliphatic rings. The lowest BCUT2D eigenvalue weighted by Crippen LogP contribution is -2.10. The normalized spacial score (nSPS) is 12.8. The Morgan fingerprint density at radius 2 is 2.50 bits per heavy atom. The minimum Gasteiger partial charge on any atom is -0.245 e. The van der Waals surface area contributed by atoms with Crippen LogP contribution in [0.3, 0.4) is 0 Å². The van der Waals surface area contributed by atoms with Crippen molar-refractivity contribution in [1.29, 1.82) is 5.26 Å². The van der Waals surface area contributed by atoms with Crippen LogP contribution in [0.15, 0.2) is 0 Å². The summed E-state index contributed by atoms with van der Waals surface area (Å²) in [5, 5.41) is 8.02. The molecule has 0 aliphatic heterocycles. The highest BCUT2D eigenvalue weighted by Gasteiger charge is 1.87. The highest BCUT2D eigenvalue weighted by atomic mass is 127. The third-order valence-electron chi connectivity index (χ3n) is 0.357. The van der Waals surface area contributed by atoms with Crippen molar-refractivity contribution in [3.63, 3.8) is 0 Å². The summed E-state index contributed by atoms with van der Waals surface area (Å²) in [5.74, 6) is 0. The molecule has 0 heterocycles. The maximum Gasteiger partial charge on any atom is 0.101 e. The van der Waals surface area contributed by atoms with Crippen molar-refractivity contribution >= 4 is 22.9 Å². The predicted octanol–water partition coefficient (Wildman–Crippen LogP) is 0.838. The van der Waals surface area contributed by atoms with Crippen LogP contribution in [0.25, 0.3) is 0 Å². The molecule has 2 nitrogen and oxygen atoms in total. The van der Waals surface area contributed by atoms with Gasteiger partial charge in [0.25, 0.3) is 0 Å². The zero-order chi connectivity index (χ0) is 4.99. The van der Waals surface area contributed by atoms with Gasteiger partial charge in [0, 0.05) is 22.9 Å². The number of hydrogen-bond acceptors (Lipinski definition) is 2. The average Bonchev–Trinajstić information content (AvgIpc) is 1.65. The van der Waals surface area contributed by atoms with Gasteiger partial charge in [-0.1, -0.05) is 0 Å². The zero-order valence-corrected chi connectivity index (χ0v) is 5.56. The van der Waals surface area contributed by atoms with Crippen LogP contribution in [0.5, 0.6) is 0 Å². The molecule has 0 saturated carbocycles. The van der Waals surface area contributed by atoms with Gasteiger partial charge in [0.05, 0.1) is 6.07 Å². The van der Waals surface area contributed by atoms with E-state index in [1.165, 1.54) is 0 Å². The SMILES string of the molecule is CC(C#N)NI. The molecule has 0 aromatic heterocycles. The molecule has 1 unspecified atom stereocenters. The number of halogens is 1. The van der Waals surface area contributed by atoms with E-state index in [0.29, 0.717) is 0 Å². The quantitative estimate of drug-likeness (QED) is 0.498. The molecule has 3 heteroatoms. The Bertz CT molecular complexity index is 65.7. The Hall–Kier alpha value is 0.180. The van der Waals surface area contributed by atoms with Gasteiger partial charge >= 0.3 is 0 Å². The van der Waals surface area contributed by atoms with E-state index in [4.69, 9.17) is 5.26 Å². The summed E-state index contributed by atoms with van der Waals surface area (Å²) in [6.45, 7) is 1.80. The van der Waals surface area contributed by atoms with Gasteiger partial charge in [0.2, 0.25) is 0 Å². The summed E-state index contributed by atoms with van der Waals surface area (Å²) in [5.41, 5.74) is 0. The smallest absolute Gasteiger partial charge is 0.101 e. The molecule has 6 heavy (non-hydrogen) atoms. The lowest BCUT2D eigenvalue weighted by molar-refractivity contribution is 0.894. The molecule has 0 spiro atoms. The number of nitriles is 1. The second kappa shape index (κ2) is 3.37. The molecular weight excluding hydrogens is 191 g/mol. The van der Waals surface area contributed by atoms with Gasteiger partial charge in [-0.25, -0.2) is 3.53 Å². The summed E-state index contributed by atoms with van der Waals surface area (Å²) in [7, 11) is 0. The van der Waals surface area contributed by atoms with E-state index in [0.717, 1.165) is 0 Å². The standard InChI is InChI=1S/C3H5IN2/c1-3(2-5)6-4/h3,6H,1H3. The lowest BCUT2D eigenvalue weighted by atomic mass is 10.4. The van der Waals surface area contributed by atoms with Crippen molar-refractivity contribution in [2.75, 3.05) is 0 Å². The fourth-order valence-electron chi connectivity index (χ4n) is 0.0244. The van der Waals surface area contributed by atoms with Crippen molar-refractivity contribution in [2.45, 2.75) is 13.0 Å². The third-order valence-corrected chi connectivity index (χ3v) is 1.29. The molecule has 0 radical (unpaired) electrons.